The molecule has 4 aromatic carbocycles. The van der Waals surface area contributed by atoms with Gasteiger partial charge in [0, 0.05) is 19.5 Å². The number of hydrogen-bond acceptors (Lipinski definition) is 3. The normalized spacial score (nSPS) is 14.7. The molecule has 0 radical (unpaired) electrons. The van der Waals surface area contributed by atoms with Crippen LogP contribution in [-0.4, -0.2) is 17.4 Å². The van der Waals surface area contributed by atoms with Crippen LogP contribution >= 0.6 is 0 Å². The van der Waals surface area contributed by atoms with E-state index in [4.69, 9.17) is 9.15 Å². The first kappa shape index (κ1) is 32.4. The molecule has 0 spiro atoms. The van der Waals surface area contributed by atoms with E-state index in [1.54, 1.807) is 0 Å². The lowest BCUT2D eigenvalue weighted by atomic mass is 9.62. The Morgan fingerprint density at radius 3 is 2.04 bits per heavy atom. The van der Waals surface area contributed by atoms with Crippen LogP contribution < -0.4 is 4.74 Å². The molecule has 0 N–H and O–H groups in total. The molecule has 4 heteroatoms. The van der Waals surface area contributed by atoms with E-state index >= 15 is 0 Å². The maximum Gasteiger partial charge on any atom is 0.289 e. The van der Waals surface area contributed by atoms with E-state index in [1.165, 1.54) is 40.7 Å². The summed E-state index contributed by atoms with van der Waals surface area (Å²) >= 11 is 0. The van der Waals surface area contributed by atoms with Crippen LogP contribution in [0.3, 0.4) is 0 Å². The second kappa shape index (κ2) is 13.7. The third kappa shape index (κ3) is 7.71. The highest BCUT2D eigenvalue weighted by Crippen LogP contribution is 2.46. The van der Waals surface area contributed by atoms with Gasteiger partial charge in [-0.25, -0.2) is 0 Å². The van der Waals surface area contributed by atoms with Crippen LogP contribution in [0.15, 0.2) is 114 Å². The van der Waals surface area contributed by atoms with Crippen molar-refractivity contribution in [2.75, 3.05) is 6.54 Å². The fourth-order valence-corrected chi connectivity index (χ4v) is 6.77. The lowest BCUT2D eigenvalue weighted by molar-refractivity contribution is 0.0707. The molecule has 47 heavy (non-hydrogen) atoms. The lowest BCUT2D eigenvalue weighted by Crippen LogP contribution is -2.34. The first-order valence-electron chi connectivity index (χ1n) is 17.0. The number of furan rings is 1. The molecule has 0 unspecified atom stereocenters. The highest BCUT2D eigenvalue weighted by molar-refractivity contribution is 5.91. The van der Waals surface area contributed by atoms with Crippen LogP contribution in [0.25, 0.3) is 0 Å². The number of carbonyl (C=O) groups excluding carboxylic acids is 1. The number of benzene rings is 4. The Hall–Kier alpha value is -4.57. The van der Waals surface area contributed by atoms with Crippen LogP contribution in [0.4, 0.5) is 0 Å². The number of rotatable bonds is 11. The monoisotopic (exact) mass is 625 g/mol. The fraction of sp³-hybridized carbons (Fsp3) is 0.326. The standard InChI is InChI=1S/C43H47NO3/c1-31-27-38-39(43(4,5)25-24-42(38,2)3)29-34(31)28-37-22-23-40(47-37)41(45)44(26-12-15-32-13-8-6-9-14-32)30-33-18-20-36(21-19-33)46-35-16-10-7-11-17-35/h6-11,13-14,16-23,27,29H,12,15,24-26,28,30H2,1-5H3. The molecule has 1 aromatic heterocycles. The smallest absolute Gasteiger partial charge is 0.289 e. The number of amides is 1. The van der Waals surface area contributed by atoms with Crippen LogP contribution in [0.1, 0.15) is 96.7 Å². The van der Waals surface area contributed by atoms with Gasteiger partial charge in [0.05, 0.1) is 0 Å². The molecule has 5 aromatic rings. The van der Waals surface area contributed by atoms with E-state index in [-0.39, 0.29) is 16.7 Å². The number of carbonyl (C=O) groups is 1. The van der Waals surface area contributed by atoms with Gasteiger partial charge in [-0.3, -0.25) is 4.79 Å². The van der Waals surface area contributed by atoms with Crippen LogP contribution in [0.5, 0.6) is 11.5 Å². The Balaban J connectivity index is 1.19. The summed E-state index contributed by atoms with van der Waals surface area (Å²) in [4.78, 5) is 15.9. The van der Waals surface area contributed by atoms with Crippen LogP contribution in [0.2, 0.25) is 0 Å². The molecule has 1 aliphatic carbocycles. The molecule has 0 saturated heterocycles. The minimum Gasteiger partial charge on any atom is -0.457 e. The molecule has 0 saturated carbocycles. The summed E-state index contributed by atoms with van der Waals surface area (Å²) in [6, 6.07) is 36.8. The van der Waals surface area contributed by atoms with E-state index in [2.05, 4.69) is 71.0 Å². The Kier molecular flexibility index (Phi) is 9.40. The van der Waals surface area contributed by atoms with Crippen molar-refractivity contribution in [2.24, 2.45) is 0 Å². The van der Waals surface area contributed by atoms with Gasteiger partial charge in [-0.1, -0.05) is 100 Å². The number of nitrogens with zero attached hydrogens (tertiary/aromatic N) is 1. The third-order valence-corrected chi connectivity index (χ3v) is 9.85. The maximum absolute atomic E-state index is 14.0. The molecule has 6 rings (SSSR count). The largest absolute Gasteiger partial charge is 0.457 e. The summed E-state index contributed by atoms with van der Waals surface area (Å²) in [5.41, 5.74) is 8.09. The lowest BCUT2D eigenvalue weighted by Gasteiger charge is -2.42. The van der Waals surface area contributed by atoms with Crippen molar-refractivity contribution in [1.82, 2.24) is 4.90 Å². The minimum atomic E-state index is -0.0843. The van der Waals surface area contributed by atoms with E-state index in [1.807, 2.05) is 77.7 Å². The molecule has 0 atom stereocenters. The van der Waals surface area contributed by atoms with Gasteiger partial charge >= 0.3 is 0 Å². The van der Waals surface area contributed by atoms with Crippen LogP contribution in [0, 0.1) is 6.92 Å². The molecule has 242 valence electrons. The first-order chi connectivity index (χ1) is 22.6. The Bertz CT molecular complexity index is 1800. The van der Waals surface area contributed by atoms with Gasteiger partial charge in [0.25, 0.3) is 5.91 Å². The van der Waals surface area contributed by atoms with Gasteiger partial charge < -0.3 is 14.1 Å². The van der Waals surface area contributed by atoms with Gasteiger partial charge in [0.15, 0.2) is 5.76 Å². The van der Waals surface area contributed by atoms with Crippen molar-refractivity contribution in [3.8, 4) is 11.5 Å². The van der Waals surface area contributed by atoms with Gasteiger partial charge in [-0.15, -0.1) is 0 Å². The molecule has 1 amide bonds. The summed E-state index contributed by atoms with van der Waals surface area (Å²) in [5, 5.41) is 0. The fourth-order valence-electron chi connectivity index (χ4n) is 6.77. The predicted molar refractivity (Wildman–Crippen MR) is 190 cm³/mol. The predicted octanol–water partition coefficient (Wildman–Crippen LogP) is 10.6. The molecule has 1 aliphatic rings. The highest BCUT2D eigenvalue weighted by atomic mass is 16.5. The van der Waals surface area contributed by atoms with Gasteiger partial charge in [0.2, 0.25) is 0 Å². The second-order valence-corrected chi connectivity index (χ2v) is 14.4. The van der Waals surface area contributed by atoms with Crippen molar-refractivity contribution in [1.29, 1.82) is 0 Å². The third-order valence-electron chi connectivity index (χ3n) is 9.85. The van der Waals surface area contributed by atoms with Crippen molar-refractivity contribution >= 4 is 5.91 Å². The molecule has 0 bridgehead atoms. The van der Waals surface area contributed by atoms with Gasteiger partial charge in [0.1, 0.15) is 17.3 Å². The topological polar surface area (TPSA) is 42.7 Å². The minimum absolute atomic E-state index is 0.0843. The summed E-state index contributed by atoms with van der Waals surface area (Å²) in [7, 11) is 0. The molecular weight excluding hydrogens is 578 g/mol. The SMILES string of the molecule is Cc1cc2c(cc1Cc1ccc(C(=O)N(CCCc3ccccc3)Cc3ccc(Oc4ccccc4)cc3)o1)C(C)(C)CCC2(C)C. The Morgan fingerprint density at radius 1 is 0.745 bits per heavy atom. The number of aryl methyl sites for hydroxylation is 2. The van der Waals surface area contributed by atoms with Gasteiger partial charge in [-0.2, -0.15) is 0 Å². The number of para-hydroxylation sites is 1. The number of hydrogen-bond donors (Lipinski definition) is 0. The van der Waals surface area contributed by atoms with Crippen molar-refractivity contribution in [2.45, 2.75) is 84.1 Å². The molecule has 1 heterocycles. The molecule has 0 aliphatic heterocycles. The van der Waals surface area contributed by atoms with E-state index < -0.39 is 0 Å². The van der Waals surface area contributed by atoms with Gasteiger partial charge in [-0.05, 0) is 113 Å². The summed E-state index contributed by atoms with van der Waals surface area (Å²) < 4.78 is 12.3. The second-order valence-electron chi connectivity index (χ2n) is 14.4. The number of fused-ring (bicyclic) bond motifs is 1. The molecule has 0 fully saturated rings. The summed E-state index contributed by atoms with van der Waals surface area (Å²) in [6.07, 6.45) is 4.81. The highest BCUT2D eigenvalue weighted by Gasteiger charge is 2.37. The van der Waals surface area contributed by atoms with Crippen molar-refractivity contribution in [3.05, 3.63) is 154 Å². The summed E-state index contributed by atoms with van der Waals surface area (Å²) in [5.74, 6) is 2.68. The zero-order valence-corrected chi connectivity index (χ0v) is 28.5. The van der Waals surface area contributed by atoms with E-state index in [0.29, 0.717) is 25.3 Å². The molecular formula is C43H47NO3. The van der Waals surface area contributed by atoms with Crippen molar-refractivity contribution in [3.63, 3.8) is 0 Å². The quantitative estimate of drug-likeness (QED) is 0.147. The van der Waals surface area contributed by atoms with E-state index in [9.17, 15) is 4.79 Å². The number of ether oxygens (including phenoxy) is 1. The first-order valence-corrected chi connectivity index (χ1v) is 17.0. The Labute approximate surface area is 280 Å². The van der Waals surface area contributed by atoms with Crippen LogP contribution in [-0.2, 0) is 30.2 Å². The van der Waals surface area contributed by atoms with Crippen molar-refractivity contribution < 1.29 is 13.9 Å². The zero-order valence-electron chi connectivity index (χ0n) is 28.5. The summed E-state index contributed by atoms with van der Waals surface area (Å²) in [6.45, 7) is 12.8. The average Bonchev–Trinajstić information content (AvgIpc) is 3.53. The Morgan fingerprint density at radius 2 is 1.36 bits per heavy atom. The van der Waals surface area contributed by atoms with E-state index in [0.717, 1.165) is 35.7 Å². The molecule has 4 nitrogen and oxygen atoms in total. The average molecular weight is 626 g/mol. The zero-order chi connectivity index (χ0) is 33.0. The maximum atomic E-state index is 14.0.